The Kier molecular flexibility index (Phi) is 5.69. The number of urea groups is 1. The van der Waals surface area contributed by atoms with Gasteiger partial charge >= 0.3 is 6.03 Å². The number of benzene rings is 1. The third kappa shape index (κ3) is 4.65. The Morgan fingerprint density at radius 3 is 2.78 bits per heavy atom. The summed E-state index contributed by atoms with van der Waals surface area (Å²) in [5.41, 5.74) is 1.05. The first-order valence-corrected chi connectivity index (χ1v) is 10.7. The number of thiazole rings is 1. The zero-order valence-electron chi connectivity index (χ0n) is 15.4. The second-order valence-electron chi connectivity index (χ2n) is 7.60. The lowest BCUT2D eigenvalue weighted by atomic mass is 9.99. The van der Waals surface area contributed by atoms with Crippen molar-refractivity contribution in [2.24, 2.45) is 0 Å². The predicted molar refractivity (Wildman–Crippen MR) is 107 cm³/mol. The summed E-state index contributed by atoms with van der Waals surface area (Å²) < 4.78 is 1.21. The fourth-order valence-electron chi connectivity index (χ4n) is 4.13. The summed E-state index contributed by atoms with van der Waals surface area (Å²) in [6.07, 6.45) is 6.47. The van der Waals surface area contributed by atoms with Gasteiger partial charge in [-0.2, -0.15) is 0 Å². The smallest absolute Gasteiger partial charge is 0.321 e. The van der Waals surface area contributed by atoms with E-state index in [0.717, 1.165) is 62.1 Å². The van der Waals surface area contributed by atoms with E-state index in [1.54, 1.807) is 11.3 Å². The van der Waals surface area contributed by atoms with Crippen molar-refractivity contribution < 1.29 is 9.59 Å². The number of rotatable bonds is 4. The van der Waals surface area contributed by atoms with Crippen LogP contribution in [0, 0.1) is 0 Å². The fraction of sp³-hybridized carbons (Fsp3) is 0.550. The quantitative estimate of drug-likeness (QED) is 0.846. The molecular formula is C20H26N4O2S. The SMILES string of the molecule is O=C(CN1CCCC(c2nc3ccccc3s2)C1)NC(=O)NC1CCCC1. The van der Waals surface area contributed by atoms with E-state index in [9.17, 15) is 9.59 Å². The molecule has 1 saturated heterocycles. The molecule has 3 amide bonds. The van der Waals surface area contributed by atoms with E-state index in [-0.39, 0.29) is 24.5 Å². The Morgan fingerprint density at radius 1 is 1.15 bits per heavy atom. The number of piperidine rings is 1. The first-order valence-electron chi connectivity index (χ1n) is 9.85. The van der Waals surface area contributed by atoms with Gasteiger partial charge in [0.25, 0.3) is 0 Å². The van der Waals surface area contributed by atoms with E-state index in [1.807, 2.05) is 18.2 Å². The average molecular weight is 387 g/mol. The highest BCUT2D eigenvalue weighted by molar-refractivity contribution is 7.18. The Hall–Kier alpha value is -1.99. The first-order chi connectivity index (χ1) is 13.2. The summed E-state index contributed by atoms with van der Waals surface area (Å²) in [7, 11) is 0. The van der Waals surface area contributed by atoms with Crippen LogP contribution in [-0.2, 0) is 4.79 Å². The first kappa shape index (κ1) is 18.4. The molecule has 2 N–H and O–H groups in total. The van der Waals surface area contributed by atoms with Crippen molar-refractivity contribution in [3.05, 3.63) is 29.3 Å². The van der Waals surface area contributed by atoms with Crippen molar-refractivity contribution in [2.75, 3.05) is 19.6 Å². The maximum atomic E-state index is 12.3. The third-order valence-corrected chi connectivity index (χ3v) is 6.67. The largest absolute Gasteiger partial charge is 0.335 e. The predicted octanol–water partition coefficient (Wildman–Crippen LogP) is 3.24. The van der Waals surface area contributed by atoms with Crippen molar-refractivity contribution in [1.29, 1.82) is 0 Å². The van der Waals surface area contributed by atoms with Gasteiger partial charge in [0.05, 0.1) is 21.8 Å². The molecule has 1 aliphatic heterocycles. The summed E-state index contributed by atoms with van der Waals surface area (Å²) in [6.45, 7) is 1.97. The number of aromatic nitrogens is 1. The molecule has 0 spiro atoms. The highest BCUT2D eigenvalue weighted by atomic mass is 32.1. The number of para-hydroxylation sites is 1. The normalized spacial score (nSPS) is 21.4. The van der Waals surface area contributed by atoms with Crippen LogP contribution in [0.25, 0.3) is 10.2 Å². The molecule has 1 aromatic carbocycles. The highest BCUT2D eigenvalue weighted by Gasteiger charge is 2.26. The highest BCUT2D eigenvalue weighted by Crippen LogP contribution is 2.32. The molecule has 2 aromatic rings. The van der Waals surface area contributed by atoms with Gasteiger partial charge in [0.1, 0.15) is 0 Å². The second kappa shape index (κ2) is 8.35. The summed E-state index contributed by atoms with van der Waals surface area (Å²) >= 11 is 1.75. The molecule has 6 nitrogen and oxygen atoms in total. The number of imide groups is 1. The van der Waals surface area contributed by atoms with Gasteiger partial charge in [0.2, 0.25) is 5.91 Å². The van der Waals surface area contributed by atoms with Gasteiger partial charge < -0.3 is 5.32 Å². The van der Waals surface area contributed by atoms with Crippen LogP contribution < -0.4 is 10.6 Å². The number of hydrogen-bond donors (Lipinski definition) is 2. The molecule has 1 atom stereocenters. The van der Waals surface area contributed by atoms with E-state index in [2.05, 4.69) is 21.6 Å². The Labute approximate surface area is 163 Å². The Morgan fingerprint density at radius 2 is 1.96 bits per heavy atom. The van der Waals surface area contributed by atoms with E-state index >= 15 is 0 Å². The summed E-state index contributed by atoms with van der Waals surface area (Å²) in [5, 5.41) is 6.54. The van der Waals surface area contributed by atoms with Gasteiger partial charge in [-0.05, 0) is 44.4 Å². The number of likely N-dealkylation sites (tertiary alicyclic amines) is 1. The van der Waals surface area contributed by atoms with Crippen LogP contribution in [-0.4, -0.2) is 47.5 Å². The average Bonchev–Trinajstić information content (AvgIpc) is 3.30. The van der Waals surface area contributed by atoms with Crippen LogP contribution in [0.1, 0.15) is 49.5 Å². The minimum Gasteiger partial charge on any atom is -0.335 e. The number of hydrogen-bond acceptors (Lipinski definition) is 5. The molecule has 7 heteroatoms. The molecule has 27 heavy (non-hydrogen) atoms. The molecule has 1 saturated carbocycles. The van der Waals surface area contributed by atoms with Gasteiger partial charge in [-0.15, -0.1) is 11.3 Å². The Bertz CT molecular complexity index is 782. The van der Waals surface area contributed by atoms with Crippen LogP contribution in [0.3, 0.4) is 0 Å². The number of carbonyl (C=O) groups is 2. The molecule has 2 heterocycles. The van der Waals surface area contributed by atoms with Crippen molar-refractivity contribution in [2.45, 2.75) is 50.5 Å². The number of carbonyl (C=O) groups excluding carboxylic acids is 2. The minimum absolute atomic E-state index is 0.219. The van der Waals surface area contributed by atoms with E-state index in [1.165, 1.54) is 4.70 Å². The zero-order valence-corrected chi connectivity index (χ0v) is 16.3. The van der Waals surface area contributed by atoms with E-state index in [4.69, 9.17) is 4.98 Å². The monoisotopic (exact) mass is 386 g/mol. The Balaban J connectivity index is 1.30. The molecule has 2 fully saturated rings. The minimum atomic E-state index is -0.355. The molecule has 4 rings (SSSR count). The lowest BCUT2D eigenvalue weighted by molar-refractivity contribution is -0.121. The summed E-state index contributed by atoms with van der Waals surface area (Å²) in [6, 6.07) is 8.07. The third-order valence-electron chi connectivity index (χ3n) is 5.48. The molecular weight excluding hydrogens is 360 g/mol. The van der Waals surface area contributed by atoms with Crippen molar-refractivity contribution >= 4 is 33.5 Å². The van der Waals surface area contributed by atoms with Crippen LogP contribution in [0.5, 0.6) is 0 Å². The van der Waals surface area contributed by atoms with Crippen LogP contribution in [0.2, 0.25) is 0 Å². The van der Waals surface area contributed by atoms with Crippen molar-refractivity contribution in [3.63, 3.8) is 0 Å². The van der Waals surface area contributed by atoms with E-state index in [0.29, 0.717) is 5.92 Å². The topological polar surface area (TPSA) is 74.3 Å². The fourth-order valence-corrected chi connectivity index (χ4v) is 5.22. The van der Waals surface area contributed by atoms with Gasteiger partial charge in [-0.3, -0.25) is 15.0 Å². The molecule has 2 aliphatic rings. The number of nitrogens with zero attached hydrogens (tertiary/aromatic N) is 2. The van der Waals surface area contributed by atoms with Crippen LogP contribution >= 0.6 is 11.3 Å². The van der Waals surface area contributed by atoms with Crippen molar-refractivity contribution in [1.82, 2.24) is 20.5 Å². The number of nitrogens with one attached hydrogen (secondary N) is 2. The molecule has 0 bridgehead atoms. The van der Waals surface area contributed by atoms with Gasteiger partial charge in [-0.1, -0.05) is 25.0 Å². The second-order valence-corrected chi connectivity index (χ2v) is 8.66. The van der Waals surface area contributed by atoms with Gasteiger partial charge in [0.15, 0.2) is 0 Å². The summed E-state index contributed by atoms with van der Waals surface area (Å²) in [4.78, 5) is 31.1. The summed E-state index contributed by atoms with van der Waals surface area (Å²) in [5.74, 6) is 0.131. The number of amides is 3. The lowest BCUT2D eigenvalue weighted by Gasteiger charge is -2.31. The van der Waals surface area contributed by atoms with Crippen LogP contribution in [0.4, 0.5) is 4.79 Å². The molecule has 144 valence electrons. The standard InChI is InChI=1S/C20H26N4O2S/c25-18(23-20(26)21-15-7-1-2-8-15)13-24-11-5-6-14(12-24)19-22-16-9-3-4-10-17(16)27-19/h3-4,9-10,14-15H,1-2,5-8,11-13H2,(H2,21,23,25,26). The van der Waals surface area contributed by atoms with Crippen LogP contribution in [0.15, 0.2) is 24.3 Å². The zero-order chi connectivity index (χ0) is 18.6. The van der Waals surface area contributed by atoms with E-state index < -0.39 is 0 Å². The number of fused-ring (bicyclic) bond motifs is 1. The van der Waals surface area contributed by atoms with Gasteiger partial charge in [-0.25, -0.2) is 9.78 Å². The molecule has 1 unspecified atom stereocenters. The van der Waals surface area contributed by atoms with Crippen molar-refractivity contribution in [3.8, 4) is 0 Å². The maximum absolute atomic E-state index is 12.3. The molecule has 1 aliphatic carbocycles. The molecule has 1 aromatic heterocycles. The molecule has 0 radical (unpaired) electrons. The maximum Gasteiger partial charge on any atom is 0.321 e. The lowest BCUT2D eigenvalue weighted by Crippen LogP contribution is -2.48. The van der Waals surface area contributed by atoms with Gasteiger partial charge in [0, 0.05) is 18.5 Å².